The lowest BCUT2D eigenvalue weighted by Crippen LogP contribution is -2.38. The molecule has 5 nitrogen and oxygen atoms in total. The molecule has 0 bridgehead atoms. The fourth-order valence-electron chi connectivity index (χ4n) is 2.82. The van der Waals surface area contributed by atoms with Gasteiger partial charge >= 0.3 is 0 Å². The first-order valence-corrected chi connectivity index (χ1v) is 7.80. The molecule has 1 amide bonds. The highest BCUT2D eigenvalue weighted by Crippen LogP contribution is 2.33. The van der Waals surface area contributed by atoms with E-state index in [1.54, 1.807) is 23.5 Å². The van der Waals surface area contributed by atoms with Crippen molar-refractivity contribution in [3.05, 3.63) is 45.3 Å². The van der Waals surface area contributed by atoms with Crippen LogP contribution in [-0.2, 0) is 6.42 Å². The molecule has 0 saturated carbocycles. The van der Waals surface area contributed by atoms with E-state index in [0.29, 0.717) is 11.4 Å². The number of hydrogen-bond acceptors (Lipinski definition) is 5. The van der Waals surface area contributed by atoms with Gasteiger partial charge in [0.15, 0.2) is 0 Å². The summed E-state index contributed by atoms with van der Waals surface area (Å²) >= 11 is 1.77. The number of carbonyl (C=O) groups is 1. The van der Waals surface area contributed by atoms with E-state index >= 15 is 0 Å². The fraction of sp³-hybridized carbons (Fsp3) is 0.333. The van der Waals surface area contributed by atoms with E-state index in [2.05, 4.69) is 28.8 Å². The number of nitrogen functional groups attached to an aromatic ring is 1. The number of hydrazine groups is 1. The van der Waals surface area contributed by atoms with Crippen molar-refractivity contribution >= 4 is 23.1 Å². The minimum absolute atomic E-state index is 0.0290. The quantitative estimate of drug-likeness (QED) is 0.660. The van der Waals surface area contributed by atoms with Crippen molar-refractivity contribution in [3.8, 4) is 0 Å². The molecule has 0 fully saturated rings. The molecule has 1 unspecified atom stereocenters. The Labute approximate surface area is 127 Å². The Bertz CT molecular complexity index is 682. The number of nitrogens with one attached hydrogen (secondary N) is 1. The highest BCUT2D eigenvalue weighted by Gasteiger charge is 2.29. The highest BCUT2D eigenvalue weighted by atomic mass is 32.1. The van der Waals surface area contributed by atoms with Gasteiger partial charge in [-0.25, -0.2) is 10.8 Å². The van der Waals surface area contributed by atoms with E-state index in [4.69, 9.17) is 5.84 Å². The number of hydrogen-bond donors (Lipinski definition) is 2. The Hall–Kier alpha value is -1.92. The molecule has 1 aliphatic heterocycles. The maximum absolute atomic E-state index is 12.8. The zero-order valence-corrected chi connectivity index (χ0v) is 12.9. The molecular formula is C15H18N4OS. The third-order valence-electron chi connectivity index (χ3n) is 3.89. The predicted molar refractivity (Wildman–Crippen MR) is 84.3 cm³/mol. The maximum Gasteiger partial charge on any atom is 0.254 e. The standard InChI is InChI=1S/C15H18N4OS/c1-9-7-11(8-14(17-9)18-16)15(20)19-5-3-13-12(10(19)2)4-6-21-13/h4,6-8,10H,3,5,16H2,1-2H3,(H,17,18). The molecule has 110 valence electrons. The number of aromatic nitrogens is 1. The largest absolute Gasteiger partial charge is 0.331 e. The number of thiophene rings is 1. The third-order valence-corrected chi connectivity index (χ3v) is 4.88. The minimum atomic E-state index is 0.0290. The van der Waals surface area contributed by atoms with E-state index in [-0.39, 0.29) is 11.9 Å². The third kappa shape index (κ3) is 2.52. The average molecular weight is 302 g/mol. The topological polar surface area (TPSA) is 71.2 Å². The number of nitrogens with zero attached hydrogens (tertiary/aromatic N) is 2. The van der Waals surface area contributed by atoms with Crippen molar-refractivity contribution in [1.82, 2.24) is 9.88 Å². The summed E-state index contributed by atoms with van der Waals surface area (Å²) in [6.07, 6.45) is 0.926. The minimum Gasteiger partial charge on any atom is -0.331 e. The van der Waals surface area contributed by atoms with Gasteiger partial charge in [0.05, 0.1) is 6.04 Å². The Balaban J connectivity index is 1.91. The molecule has 1 atom stereocenters. The van der Waals surface area contributed by atoms with Gasteiger partial charge in [0, 0.05) is 22.7 Å². The van der Waals surface area contributed by atoms with Gasteiger partial charge in [-0.3, -0.25) is 4.79 Å². The van der Waals surface area contributed by atoms with Crippen LogP contribution in [0.5, 0.6) is 0 Å². The number of anilines is 1. The summed E-state index contributed by atoms with van der Waals surface area (Å²) in [5.41, 5.74) is 5.17. The van der Waals surface area contributed by atoms with Crippen molar-refractivity contribution in [3.63, 3.8) is 0 Å². The fourth-order valence-corrected chi connectivity index (χ4v) is 3.78. The summed E-state index contributed by atoms with van der Waals surface area (Å²) < 4.78 is 0. The van der Waals surface area contributed by atoms with Crippen molar-refractivity contribution in [2.45, 2.75) is 26.3 Å². The SMILES string of the molecule is Cc1cc(C(=O)N2CCc3sccc3C2C)cc(NN)n1. The number of aryl methyl sites for hydroxylation is 1. The van der Waals surface area contributed by atoms with Gasteiger partial charge in [0.2, 0.25) is 0 Å². The molecule has 3 N–H and O–H groups in total. The van der Waals surface area contributed by atoms with E-state index in [0.717, 1.165) is 18.7 Å². The smallest absolute Gasteiger partial charge is 0.254 e. The van der Waals surface area contributed by atoms with Crippen molar-refractivity contribution in [2.24, 2.45) is 5.84 Å². The summed E-state index contributed by atoms with van der Waals surface area (Å²) in [5, 5.41) is 2.10. The maximum atomic E-state index is 12.8. The lowest BCUT2D eigenvalue weighted by atomic mass is 10.0. The van der Waals surface area contributed by atoms with Crippen LogP contribution in [0.4, 0.5) is 5.82 Å². The normalized spacial score (nSPS) is 17.5. The molecule has 2 aromatic heterocycles. The van der Waals surface area contributed by atoms with Crippen LogP contribution >= 0.6 is 11.3 Å². The number of fused-ring (bicyclic) bond motifs is 1. The van der Waals surface area contributed by atoms with Crippen LogP contribution in [0.25, 0.3) is 0 Å². The molecule has 2 aromatic rings. The van der Waals surface area contributed by atoms with Crippen molar-refractivity contribution in [2.75, 3.05) is 12.0 Å². The Morgan fingerprint density at radius 1 is 1.52 bits per heavy atom. The summed E-state index contributed by atoms with van der Waals surface area (Å²) in [4.78, 5) is 20.3. The summed E-state index contributed by atoms with van der Waals surface area (Å²) in [6, 6.07) is 5.73. The molecule has 0 aromatic carbocycles. The highest BCUT2D eigenvalue weighted by molar-refractivity contribution is 7.10. The Morgan fingerprint density at radius 3 is 3.10 bits per heavy atom. The molecule has 0 radical (unpaired) electrons. The Morgan fingerprint density at radius 2 is 2.33 bits per heavy atom. The van der Waals surface area contributed by atoms with Crippen molar-refractivity contribution in [1.29, 1.82) is 0 Å². The summed E-state index contributed by atoms with van der Waals surface area (Å²) in [5.74, 6) is 5.95. The molecule has 3 heterocycles. The second-order valence-electron chi connectivity index (χ2n) is 5.25. The zero-order valence-electron chi connectivity index (χ0n) is 12.1. The van der Waals surface area contributed by atoms with Crippen LogP contribution in [0.15, 0.2) is 23.6 Å². The van der Waals surface area contributed by atoms with Gasteiger partial charge in [-0.2, -0.15) is 0 Å². The molecule has 0 aliphatic carbocycles. The Kier molecular flexibility index (Phi) is 3.65. The number of nitrogens with two attached hydrogens (primary N) is 1. The zero-order chi connectivity index (χ0) is 15.0. The molecule has 21 heavy (non-hydrogen) atoms. The molecule has 1 aliphatic rings. The monoisotopic (exact) mass is 302 g/mol. The van der Waals surface area contributed by atoms with Crippen LogP contribution in [0, 0.1) is 6.92 Å². The number of pyridine rings is 1. The van der Waals surface area contributed by atoms with Crippen molar-refractivity contribution < 1.29 is 4.79 Å². The number of carbonyl (C=O) groups excluding carboxylic acids is 1. The van der Waals surface area contributed by atoms with E-state index in [1.807, 2.05) is 11.8 Å². The van der Waals surface area contributed by atoms with Gasteiger partial charge < -0.3 is 10.3 Å². The molecule has 6 heteroatoms. The van der Waals surface area contributed by atoms with Crippen LogP contribution in [0.3, 0.4) is 0 Å². The molecule has 0 saturated heterocycles. The first-order valence-electron chi connectivity index (χ1n) is 6.92. The van der Waals surface area contributed by atoms with Crippen LogP contribution < -0.4 is 11.3 Å². The van der Waals surface area contributed by atoms with Crippen LogP contribution in [-0.4, -0.2) is 22.3 Å². The second-order valence-corrected chi connectivity index (χ2v) is 6.25. The average Bonchev–Trinajstić information content (AvgIpc) is 2.95. The summed E-state index contributed by atoms with van der Waals surface area (Å²) in [6.45, 7) is 4.69. The van der Waals surface area contributed by atoms with Gasteiger partial charge in [0.1, 0.15) is 5.82 Å². The first kappa shape index (κ1) is 14.0. The van der Waals surface area contributed by atoms with E-state index in [1.165, 1.54) is 10.4 Å². The summed E-state index contributed by atoms with van der Waals surface area (Å²) in [7, 11) is 0. The first-order chi connectivity index (χ1) is 10.1. The lowest BCUT2D eigenvalue weighted by molar-refractivity contribution is 0.0679. The number of rotatable bonds is 2. The van der Waals surface area contributed by atoms with E-state index in [9.17, 15) is 4.79 Å². The van der Waals surface area contributed by atoms with Gasteiger partial charge in [-0.15, -0.1) is 11.3 Å². The second kappa shape index (κ2) is 5.46. The lowest BCUT2D eigenvalue weighted by Gasteiger charge is -2.33. The van der Waals surface area contributed by atoms with Gasteiger partial charge in [-0.1, -0.05) is 0 Å². The van der Waals surface area contributed by atoms with E-state index < -0.39 is 0 Å². The number of amides is 1. The van der Waals surface area contributed by atoms with Gasteiger partial charge in [-0.05, 0) is 49.4 Å². The molecule has 3 rings (SSSR count). The molecular weight excluding hydrogens is 284 g/mol. The van der Waals surface area contributed by atoms with Crippen LogP contribution in [0.1, 0.15) is 39.5 Å². The van der Waals surface area contributed by atoms with Gasteiger partial charge in [0.25, 0.3) is 5.91 Å². The van der Waals surface area contributed by atoms with Crippen LogP contribution in [0.2, 0.25) is 0 Å². The predicted octanol–water partition coefficient (Wildman–Crippen LogP) is 2.50. The molecule has 0 spiro atoms.